The molecule has 2 fully saturated rings. The van der Waals surface area contributed by atoms with Crippen molar-refractivity contribution in [1.29, 1.82) is 0 Å². The number of nitrogens with two attached hydrogens (primary N) is 1. The number of nitrogens with zero attached hydrogens (tertiary/aromatic N) is 1. The van der Waals surface area contributed by atoms with E-state index in [1.807, 2.05) is 30.0 Å². The normalized spacial score (nSPS) is 23.0. The number of hydrogen-bond acceptors (Lipinski definition) is 3. The van der Waals surface area contributed by atoms with E-state index in [1.165, 1.54) is 0 Å². The molecule has 3 N–H and O–H groups in total. The summed E-state index contributed by atoms with van der Waals surface area (Å²) in [6.45, 7) is 5.84. The molecule has 1 aliphatic carbocycles. The lowest BCUT2D eigenvalue weighted by molar-refractivity contribution is -0.117. The van der Waals surface area contributed by atoms with Crippen molar-refractivity contribution in [1.82, 2.24) is 4.90 Å². The number of benzene rings is 1. The highest BCUT2D eigenvalue weighted by molar-refractivity contribution is 5.96. The van der Waals surface area contributed by atoms with E-state index in [4.69, 9.17) is 5.73 Å². The molecule has 1 aliphatic heterocycles. The van der Waals surface area contributed by atoms with Gasteiger partial charge in [0.1, 0.15) is 0 Å². The molecule has 2 aliphatic rings. The number of hydrogen-bond donors (Lipinski definition) is 2. The van der Waals surface area contributed by atoms with Gasteiger partial charge in [0.2, 0.25) is 5.91 Å². The number of amides is 2. The van der Waals surface area contributed by atoms with Crippen molar-refractivity contribution in [3.63, 3.8) is 0 Å². The van der Waals surface area contributed by atoms with E-state index in [0.717, 1.165) is 56.4 Å². The third kappa shape index (κ3) is 5.45. The number of carbonyl (C=O) groups is 2. The van der Waals surface area contributed by atoms with Crippen molar-refractivity contribution in [3.05, 3.63) is 29.3 Å². The van der Waals surface area contributed by atoms with Crippen LogP contribution in [0.4, 0.5) is 5.69 Å². The van der Waals surface area contributed by atoms with Crippen molar-refractivity contribution in [3.8, 4) is 0 Å². The number of halogens is 1. The Balaban J connectivity index is 0.00000261. The largest absolute Gasteiger partial charge is 0.339 e. The summed E-state index contributed by atoms with van der Waals surface area (Å²) in [5.74, 6) is 1.10. The Kier molecular flexibility index (Phi) is 7.68. The highest BCUT2D eigenvalue weighted by Crippen LogP contribution is 2.27. The minimum atomic E-state index is 0. The summed E-state index contributed by atoms with van der Waals surface area (Å²) < 4.78 is 0. The fourth-order valence-electron chi connectivity index (χ4n) is 4.09. The van der Waals surface area contributed by atoms with Crippen LogP contribution in [0.15, 0.2) is 18.2 Å². The molecule has 3 rings (SSSR count). The summed E-state index contributed by atoms with van der Waals surface area (Å²) in [5, 5.41) is 2.99. The van der Waals surface area contributed by atoms with Crippen LogP contribution in [0.3, 0.4) is 0 Å². The Bertz CT molecular complexity index is 671. The summed E-state index contributed by atoms with van der Waals surface area (Å²) in [6.07, 6.45) is 5.79. The summed E-state index contributed by atoms with van der Waals surface area (Å²) >= 11 is 0. The molecule has 5 nitrogen and oxygen atoms in total. The van der Waals surface area contributed by atoms with E-state index in [0.29, 0.717) is 17.9 Å². The topological polar surface area (TPSA) is 75.4 Å². The number of rotatable bonds is 4. The van der Waals surface area contributed by atoms with E-state index < -0.39 is 0 Å². The van der Waals surface area contributed by atoms with Gasteiger partial charge in [-0.2, -0.15) is 0 Å². The molecule has 27 heavy (non-hydrogen) atoms. The quantitative estimate of drug-likeness (QED) is 0.817. The van der Waals surface area contributed by atoms with Gasteiger partial charge in [-0.1, -0.05) is 13.3 Å². The molecular formula is C21H32ClN3O2. The third-order valence-corrected chi connectivity index (χ3v) is 5.98. The van der Waals surface area contributed by atoms with Crippen molar-refractivity contribution in [2.45, 2.75) is 58.4 Å². The first-order valence-corrected chi connectivity index (χ1v) is 9.89. The van der Waals surface area contributed by atoms with Crippen LogP contribution in [0.25, 0.3) is 0 Å². The second kappa shape index (κ2) is 9.56. The first-order chi connectivity index (χ1) is 12.4. The van der Waals surface area contributed by atoms with Crippen molar-refractivity contribution in [2.75, 3.05) is 18.4 Å². The van der Waals surface area contributed by atoms with E-state index in [2.05, 4.69) is 12.2 Å². The van der Waals surface area contributed by atoms with E-state index >= 15 is 0 Å². The number of likely N-dealkylation sites (tertiary alicyclic amines) is 1. The fourth-order valence-corrected chi connectivity index (χ4v) is 4.09. The van der Waals surface area contributed by atoms with Gasteiger partial charge >= 0.3 is 0 Å². The molecule has 6 heteroatoms. The monoisotopic (exact) mass is 393 g/mol. The Hall–Kier alpha value is -1.59. The Labute approximate surface area is 168 Å². The summed E-state index contributed by atoms with van der Waals surface area (Å²) in [6, 6.07) is 5.71. The highest BCUT2D eigenvalue weighted by atomic mass is 35.5. The molecule has 0 aromatic heterocycles. The molecule has 0 radical (unpaired) electrons. The summed E-state index contributed by atoms with van der Waals surface area (Å²) in [5.41, 5.74) is 8.47. The van der Waals surface area contributed by atoms with Crippen LogP contribution in [-0.2, 0) is 4.79 Å². The van der Waals surface area contributed by atoms with Crippen LogP contribution in [0.1, 0.15) is 61.4 Å². The average Bonchev–Trinajstić information content (AvgIpc) is 3.01. The van der Waals surface area contributed by atoms with E-state index in [1.54, 1.807) is 0 Å². The second-order valence-corrected chi connectivity index (χ2v) is 8.11. The third-order valence-electron chi connectivity index (χ3n) is 5.98. The molecule has 1 heterocycles. The molecule has 1 saturated carbocycles. The molecule has 2 amide bonds. The van der Waals surface area contributed by atoms with Crippen molar-refractivity contribution < 1.29 is 9.59 Å². The molecule has 1 saturated heterocycles. The predicted molar refractivity (Wildman–Crippen MR) is 111 cm³/mol. The van der Waals surface area contributed by atoms with Gasteiger partial charge in [-0.05, 0) is 68.2 Å². The Morgan fingerprint density at radius 2 is 1.89 bits per heavy atom. The van der Waals surface area contributed by atoms with Gasteiger partial charge in [-0.25, -0.2) is 0 Å². The zero-order valence-corrected chi connectivity index (χ0v) is 17.2. The van der Waals surface area contributed by atoms with Gasteiger partial charge in [0.15, 0.2) is 0 Å². The standard InChI is InChI=1S/C21H31N3O2.ClH/c1-14-8-10-24(11-9-14)21(26)17-6-7-19(15(2)12-17)23-20(25)13-16-4-3-5-18(16)22;/h6-7,12,14,16,18H,3-5,8-11,13,22H2,1-2H3,(H,23,25);1H/t16-,18+;/m0./s1. The van der Waals surface area contributed by atoms with Crippen LogP contribution in [0.5, 0.6) is 0 Å². The smallest absolute Gasteiger partial charge is 0.253 e. The highest BCUT2D eigenvalue weighted by Gasteiger charge is 2.26. The molecule has 1 aromatic carbocycles. The first-order valence-electron chi connectivity index (χ1n) is 9.89. The SMILES string of the molecule is Cc1cc(C(=O)N2CCC(C)CC2)ccc1NC(=O)C[C@@H]1CCC[C@H]1N.Cl. The molecular weight excluding hydrogens is 362 g/mol. The molecule has 0 bridgehead atoms. The van der Waals surface area contributed by atoms with Crippen LogP contribution >= 0.6 is 12.4 Å². The van der Waals surface area contributed by atoms with Gasteiger partial charge in [0, 0.05) is 36.8 Å². The van der Waals surface area contributed by atoms with Crippen LogP contribution in [0.2, 0.25) is 0 Å². The molecule has 0 unspecified atom stereocenters. The van der Waals surface area contributed by atoms with Gasteiger partial charge in [0.05, 0.1) is 0 Å². The number of aryl methyl sites for hydroxylation is 1. The van der Waals surface area contributed by atoms with Crippen molar-refractivity contribution >= 4 is 29.9 Å². The maximum Gasteiger partial charge on any atom is 0.253 e. The maximum absolute atomic E-state index is 12.7. The number of anilines is 1. The van der Waals surface area contributed by atoms with Gasteiger partial charge in [-0.3, -0.25) is 9.59 Å². The Morgan fingerprint density at radius 1 is 1.19 bits per heavy atom. The first kappa shape index (κ1) is 21.7. The minimum absolute atomic E-state index is 0. The van der Waals surface area contributed by atoms with Crippen LogP contribution < -0.4 is 11.1 Å². The molecule has 150 valence electrons. The van der Waals surface area contributed by atoms with Crippen LogP contribution in [0, 0.1) is 18.8 Å². The number of carbonyl (C=O) groups excluding carboxylic acids is 2. The second-order valence-electron chi connectivity index (χ2n) is 8.11. The molecule has 0 spiro atoms. The summed E-state index contributed by atoms with van der Waals surface area (Å²) in [7, 11) is 0. The van der Waals surface area contributed by atoms with Crippen LogP contribution in [-0.4, -0.2) is 35.8 Å². The predicted octanol–water partition coefficient (Wildman–Crippen LogP) is 3.74. The zero-order valence-electron chi connectivity index (χ0n) is 16.4. The zero-order chi connectivity index (χ0) is 18.7. The van der Waals surface area contributed by atoms with E-state index in [9.17, 15) is 9.59 Å². The number of piperidine rings is 1. The molecule has 2 atom stereocenters. The number of nitrogens with one attached hydrogen (secondary N) is 1. The van der Waals surface area contributed by atoms with E-state index in [-0.39, 0.29) is 36.2 Å². The molecule has 1 aromatic rings. The minimum Gasteiger partial charge on any atom is -0.339 e. The van der Waals surface area contributed by atoms with Gasteiger partial charge < -0.3 is 16.0 Å². The van der Waals surface area contributed by atoms with Gasteiger partial charge in [-0.15, -0.1) is 12.4 Å². The van der Waals surface area contributed by atoms with Gasteiger partial charge in [0.25, 0.3) is 5.91 Å². The Morgan fingerprint density at radius 3 is 2.48 bits per heavy atom. The lowest BCUT2D eigenvalue weighted by atomic mass is 9.98. The lowest BCUT2D eigenvalue weighted by Gasteiger charge is -2.30. The lowest BCUT2D eigenvalue weighted by Crippen LogP contribution is -2.37. The summed E-state index contributed by atoms with van der Waals surface area (Å²) in [4.78, 5) is 26.9. The van der Waals surface area contributed by atoms with Crippen molar-refractivity contribution in [2.24, 2.45) is 17.6 Å². The average molecular weight is 394 g/mol. The maximum atomic E-state index is 12.7. The fraction of sp³-hybridized carbons (Fsp3) is 0.619.